The van der Waals surface area contributed by atoms with Crippen molar-refractivity contribution >= 4 is 28.5 Å². The van der Waals surface area contributed by atoms with Gasteiger partial charge in [-0.25, -0.2) is 4.98 Å². The molecule has 0 unspecified atom stereocenters. The Balaban J connectivity index is 1.16. The van der Waals surface area contributed by atoms with E-state index in [0.29, 0.717) is 55.1 Å². The highest BCUT2D eigenvalue weighted by Gasteiger charge is 2.35. The molecule has 3 fully saturated rings. The number of hydrogen-bond donors (Lipinski definition) is 2. The van der Waals surface area contributed by atoms with E-state index < -0.39 is 5.60 Å². The number of aromatic nitrogens is 3. The molecule has 10 heteroatoms. The monoisotopic (exact) mass is 553 g/mol. The molecule has 1 aromatic carbocycles. The summed E-state index contributed by atoms with van der Waals surface area (Å²) in [6.45, 7) is 4.62. The topological polar surface area (TPSA) is 102 Å². The van der Waals surface area contributed by atoms with Crippen LogP contribution in [-0.4, -0.2) is 68.0 Å². The Morgan fingerprint density at radius 1 is 1.23 bits per heavy atom. The standard InChI is InChI=1S/C29H36ClN5O4/c1-19-15-31-24(16-39-19)21-5-7-22(8-6-21)35-25(30)14-23-27(35)32-18-34(28(23)37)17-29(38)10-12-33(13-11-29)26(36)9-4-20-2-3-20/h5-8,14,18-20,24,31,38H,2-4,9-13,15-17H2,1H3/t19-,24-/m0/s1. The van der Waals surface area contributed by atoms with Gasteiger partial charge in [0, 0.05) is 31.7 Å². The number of nitrogens with zero attached hydrogens (tertiary/aromatic N) is 4. The minimum Gasteiger partial charge on any atom is -0.388 e. The summed E-state index contributed by atoms with van der Waals surface area (Å²) in [5, 5.41) is 15.6. The molecule has 39 heavy (non-hydrogen) atoms. The summed E-state index contributed by atoms with van der Waals surface area (Å²) in [7, 11) is 0. The fourth-order valence-electron chi connectivity index (χ4n) is 5.74. The lowest BCUT2D eigenvalue weighted by Crippen LogP contribution is -2.49. The second-order valence-corrected chi connectivity index (χ2v) is 11.9. The first kappa shape index (κ1) is 26.5. The van der Waals surface area contributed by atoms with E-state index in [4.69, 9.17) is 16.3 Å². The summed E-state index contributed by atoms with van der Waals surface area (Å²) in [5.74, 6) is 0.900. The number of piperidine rings is 1. The molecule has 2 aromatic heterocycles. The number of likely N-dealkylation sites (tertiary alicyclic amines) is 1. The highest BCUT2D eigenvalue weighted by molar-refractivity contribution is 6.31. The van der Waals surface area contributed by atoms with Gasteiger partial charge >= 0.3 is 0 Å². The number of carbonyl (C=O) groups excluding carboxylic acids is 1. The largest absolute Gasteiger partial charge is 0.388 e. The van der Waals surface area contributed by atoms with E-state index in [9.17, 15) is 14.7 Å². The first-order valence-corrected chi connectivity index (χ1v) is 14.4. The molecule has 6 rings (SSSR count). The molecule has 2 aliphatic heterocycles. The number of carbonyl (C=O) groups is 1. The number of benzene rings is 1. The predicted octanol–water partition coefficient (Wildman–Crippen LogP) is 3.43. The van der Waals surface area contributed by atoms with Gasteiger partial charge in [-0.05, 0) is 55.9 Å². The van der Waals surface area contributed by atoms with Gasteiger partial charge in [-0.1, -0.05) is 36.6 Å². The Labute approximate surface area is 232 Å². The molecule has 3 aliphatic rings. The van der Waals surface area contributed by atoms with Crippen molar-refractivity contribution in [2.24, 2.45) is 5.92 Å². The lowest BCUT2D eigenvalue weighted by atomic mass is 9.91. The van der Waals surface area contributed by atoms with Crippen LogP contribution in [0.5, 0.6) is 0 Å². The highest BCUT2D eigenvalue weighted by Crippen LogP contribution is 2.34. The molecule has 2 N–H and O–H groups in total. The van der Waals surface area contributed by atoms with E-state index in [1.54, 1.807) is 10.6 Å². The van der Waals surface area contributed by atoms with Crippen LogP contribution in [0.2, 0.25) is 5.15 Å². The maximum absolute atomic E-state index is 13.4. The number of morpholine rings is 1. The van der Waals surface area contributed by atoms with Gasteiger partial charge in [0.25, 0.3) is 5.56 Å². The van der Waals surface area contributed by atoms with Crippen molar-refractivity contribution in [3.8, 4) is 5.69 Å². The van der Waals surface area contributed by atoms with E-state index in [1.165, 1.54) is 23.7 Å². The minimum absolute atomic E-state index is 0.130. The van der Waals surface area contributed by atoms with Crippen LogP contribution in [0.1, 0.15) is 57.1 Å². The number of nitrogens with one attached hydrogen (secondary N) is 1. The zero-order valence-electron chi connectivity index (χ0n) is 22.3. The van der Waals surface area contributed by atoms with Gasteiger partial charge in [-0.15, -0.1) is 0 Å². The van der Waals surface area contributed by atoms with Crippen molar-refractivity contribution in [2.75, 3.05) is 26.2 Å². The fraction of sp³-hybridized carbons (Fsp3) is 0.552. The molecule has 0 radical (unpaired) electrons. The second-order valence-electron chi connectivity index (χ2n) is 11.5. The van der Waals surface area contributed by atoms with Crippen molar-refractivity contribution < 1.29 is 14.6 Å². The van der Waals surface area contributed by atoms with Gasteiger partial charge in [0.1, 0.15) is 11.5 Å². The number of fused-ring (bicyclic) bond motifs is 1. The van der Waals surface area contributed by atoms with Gasteiger partial charge in [0.2, 0.25) is 5.91 Å². The van der Waals surface area contributed by atoms with Crippen molar-refractivity contribution in [3.05, 3.63) is 57.7 Å². The minimum atomic E-state index is -1.07. The van der Waals surface area contributed by atoms with Gasteiger partial charge in [-0.2, -0.15) is 0 Å². The van der Waals surface area contributed by atoms with E-state index in [-0.39, 0.29) is 30.2 Å². The van der Waals surface area contributed by atoms with E-state index in [0.717, 1.165) is 30.1 Å². The zero-order chi connectivity index (χ0) is 27.1. The third-order valence-corrected chi connectivity index (χ3v) is 8.75. The van der Waals surface area contributed by atoms with Gasteiger partial charge in [0.15, 0.2) is 5.65 Å². The van der Waals surface area contributed by atoms with Crippen LogP contribution in [0.4, 0.5) is 0 Å². The van der Waals surface area contributed by atoms with Gasteiger partial charge in [-0.3, -0.25) is 18.7 Å². The third kappa shape index (κ3) is 5.63. The average Bonchev–Trinajstić information content (AvgIpc) is 3.70. The first-order valence-electron chi connectivity index (χ1n) is 14.0. The molecule has 2 saturated heterocycles. The van der Waals surface area contributed by atoms with E-state index in [1.807, 2.05) is 29.2 Å². The molecule has 9 nitrogen and oxygen atoms in total. The molecule has 3 aromatic rings. The number of halogens is 1. The normalized spacial score (nSPS) is 23.3. The first-order chi connectivity index (χ1) is 18.8. The van der Waals surface area contributed by atoms with Crippen molar-refractivity contribution in [1.29, 1.82) is 0 Å². The van der Waals surface area contributed by atoms with Gasteiger partial charge in [0.05, 0.1) is 36.3 Å². The Kier molecular flexibility index (Phi) is 7.26. The van der Waals surface area contributed by atoms with Crippen LogP contribution in [0, 0.1) is 5.92 Å². The lowest BCUT2D eigenvalue weighted by molar-refractivity contribution is -0.136. The molecule has 1 saturated carbocycles. The van der Waals surface area contributed by atoms with Crippen LogP contribution < -0.4 is 10.9 Å². The Morgan fingerprint density at radius 3 is 2.64 bits per heavy atom. The Hall–Kier alpha value is -2.72. The third-order valence-electron chi connectivity index (χ3n) is 8.47. The molecule has 1 aliphatic carbocycles. The number of rotatable bonds is 7. The van der Waals surface area contributed by atoms with Crippen LogP contribution in [0.3, 0.4) is 0 Å². The quantitative estimate of drug-likeness (QED) is 0.465. The summed E-state index contributed by atoms with van der Waals surface area (Å²) in [4.78, 5) is 32.4. The summed E-state index contributed by atoms with van der Waals surface area (Å²) in [6.07, 6.45) is 6.61. The van der Waals surface area contributed by atoms with E-state index in [2.05, 4.69) is 17.2 Å². The number of amides is 1. The van der Waals surface area contributed by atoms with Crippen LogP contribution in [0.25, 0.3) is 16.7 Å². The number of hydrogen-bond acceptors (Lipinski definition) is 6. The maximum atomic E-state index is 13.4. The smallest absolute Gasteiger partial charge is 0.262 e. The molecule has 0 spiro atoms. The van der Waals surface area contributed by atoms with Crippen molar-refractivity contribution in [1.82, 2.24) is 24.3 Å². The van der Waals surface area contributed by atoms with Crippen LogP contribution >= 0.6 is 11.6 Å². The van der Waals surface area contributed by atoms with Gasteiger partial charge < -0.3 is 20.1 Å². The van der Waals surface area contributed by atoms with E-state index >= 15 is 0 Å². The molecule has 2 atom stereocenters. The fourth-order valence-corrected chi connectivity index (χ4v) is 6.03. The molecule has 0 bridgehead atoms. The predicted molar refractivity (Wildman–Crippen MR) is 149 cm³/mol. The Bertz CT molecular complexity index is 1400. The highest BCUT2D eigenvalue weighted by atomic mass is 35.5. The number of ether oxygens (including phenoxy) is 1. The summed E-state index contributed by atoms with van der Waals surface area (Å²) in [6, 6.07) is 9.78. The SMILES string of the molecule is C[C@H]1CN[C@H](c2ccc(-n3c(Cl)cc4c(=O)n(CC5(O)CCN(C(=O)CCC6CC6)CC5)cnc43)cc2)CO1. The molecule has 1 amide bonds. The molecule has 208 valence electrons. The van der Waals surface area contributed by atoms with Crippen molar-refractivity contribution in [3.63, 3.8) is 0 Å². The maximum Gasteiger partial charge on any atom is 0.262 e. The number of aliphatic hydroxyl groups is 1. The zero-order valence-corrected chi connectivity index (χ0v) is 23.1. The summed E-state index contributed by atoms with van der Waals surface area (Å²) in [5.41, 5.74) is 1.10. The Morgan fingerprint density at radius 2 is 1.97 bits per heavy atom. The summed E-state index contributed by atoms with van der Waals surface area (Å²) >= 11 is 6.60. The average molecular weight is 554 g/mol. The molecular weight excluding hydrogens is 518 g/mol. The van der Waals surface area contributed by atoms with Crippen molar-refractivity contribution in [2.45, 2.75) is 69.7 Å². The van der Waals surface area contributed by atoms with Crippen LogP contribution in [0.15, 0.2) is 41.5 Å². The van der Waals surface area contributed by atoms with Crippen LogP contribution in [-0.2, 0) is 16.1 Å². The second kappa shape index (κ2) is 10.7. The summed E-state index contributed by atoms with van der Waals surface area (Å²) < 4.78 is 9.00. The molecular formula is C29H36ClN5O4. The molecule has 4 heterocycles. The lowest BCUT2D eigenvalue weighted by Gasteiger charge is -2.38.